The molecule has 0 aromatic heterocycles. The Hall–Kier alpha value is -0.790. The average Bonchev–Trinajstić information content (AvgIpc) is 2.68. The van der Waals surface area contributed by atoms with Gasteiger partial charge in [0.15, 0.2) is 0 Å². The third-order valence-corrected chi connectivity index (χ3v) is 7.08. The van der Waals surface area contributed by atoms with Crippen LogP contribution in [0.4, 0.5) is 0 Å². The van der Waals surface area contributed by atoms with Crippen molar-refractivity contribution in [3.8, 4) is 5.75 Å². The van der Waals surface area contributed by atoms with Gasteiger partial charge in [-0.05, 0) is 30.9 Å². The monoisotopic (exact) mass is 396 g/mol. The molecule has 0 N–H and O–H groups in total. The van der Waals surface area contributed by atoms with Crippen molar-refractivity contribution in [3.05, 3.63) is 30.3 Å². The maximum atomic E-state index is 13.4. The van der Waals surface area contributed by atoms with E-state index in [1.807, 2.05) is 30.3 Å². The molecule has 0 heterocycles. The maximum absolute atomic E-state index is 13.4. The largest absolute Gasteiger partial charge is 0.424 e. The lowest BCUT2D eigenvalue weighted by Crippen LogP contribution is -2.12. The predicted molar refractivity (Wildman–Crippen MR) is 117 cm³/mol. The van der Waals surface area contributed by atoms with Crippen LogP contribution in [0.3, 0.4) is 0 Å². The molecule has 1 aromatic carbocycles. The van der Waals surface area contributed by atoms with E-state index in [0.29, 0.717) is 24.4 Å². The van der Waals surface area contributed by atoms with Crippen LogP contribution in [0.5, 0.6) is 5.75 Å². The molecule has 0 saturated heterocycles. The fourth-order valence-corrected chi connectivity index (χ4v) is 5.41. The van der Waals surface area contributed by atoms with Crippen LogP contribution in [-0.4, -0.2) is 12.8 Å². The second kappa shape index (κ2) is 15.2. The third-order valence-electron chi connectivity index (χ3n) is 5.05. The van der Waals surface area contributed by atoms with Crippen LogP contribution in [0.1, 0.15) is 91.4 Å². The average molecular weight is 397 g/mol. The molecule has 156 valence electrons. The summed E-state index contributed by atoms with van der Waals surface area (Å²) < 4.78 is 25.3. The van der Waals surface area contributed by atoms with Crippen molar-refractivity contribution in [2.75, 3.05) is 12.8 Å². The van der Waals surface area contributed by atoms with Crippen molar-refractivity contribution in [1.82, 2.24) is 0 Å². The number of hydrogen-bond donors (Lipinski definition) is 0. The van der Waals surface area contributed by atoms with Gasteiger partial charge in [0.05, 0.1) is 12.8 Å². The summed E-state index contributed by atoms with van der Waals surface area (Å²) in [5, 5.41) is 0. The number of benzene rings is 1. The minimum Gasteiger partial charge on any atom is -0.424 e. The number of hydrogen-bond acceptors (Lipinski definition) is 3. The van der Waals surface area contributed by atoms with E-state index in [9.17, 15) is 4.57 Å². The Labute approximate surface area is 167 Å². The van der Waals surface area contributed by atoms with E-state index in [4.69, 9.17) is 9.05 Å². The molecule has 1 aromatic rings. The Kier molecular flexibility index (Phi) is 13.6. The highest BCUT2D eigenvalue weighted by Gasteiger charge is 2.29. The molecule has 3 nitrogen and oxygen atoms in total. The normalized spacial score (nSPS) is 14.6. The van der Waals surface area contributed by atoms with E-state index in [0.717, 1.165) is 25.7 Å². The summed E-state index contributed by atoms with van der Waals surface area (Å²) in [6.07, 6.45) is 13.5. The summed E-state index contributed by atoms with van der Waals surface area (Å²) in [5.41, 5.74) is 0. The zero-order valence-electron chi connectivity index (χ0n) is 17.8. The predicted octanol–water partition coefficient (Wildman–Crippen LogP) is 8.24. The zero-order valence-corrected chi connectivity index (χ0v) is 18.7. The summed E-state index contributed by atoms with van der Waals surface area (Å²) >= 11 is 0. The van der Waals surface area contributed by atoms with Gasteiger partial charge < -0.3 is 4.52 Å². The zero-order chi connectivity index (χ0) is 19.8. The van der Waals surface area contributed by atoms with Crippen molar-refractivity contribution in [2.45, 2.75) is 91.4 Å². The van der Waals surface area contributed by atoms with Crippen molar-refractivity contribution in [2.24, 2.45) is 5.92 Å². The molecule has 0 bridgehead atoms. The quantitative estimate of drug-likeness (QED) is 0.196. The van der Waals surface area contributed by atoms with E-state index in [1.165, 1.54) is 44.9 Å². The van der Waals surface area contributed by atoms with Crippen molar-refractivity contribution in [3.63, 3.8) is 0 Å². The second-order valence-corrected chi connectivity index (χ2v) is 9.60. The summed E-state index contributed by atoms with van der Waals surface area (Å²) in [6, 6.07) is 9.47. The van der Waals surface area contributed by atoms with Crippen LogP contribution < -0.4 is 4.52 Å². The Morgan fingerprint density at radius 3 is 2.11 bits per heavy atom. The number of rotatable bonds is 17. The topological polar surface area (TPSA) is 35.5 Å². The molecule has 27 heavy (non-hydrogen) atoms. The maximum Gasteiger partial charge on any atom is 0.379 e. The summed E-state index contributed by atoms with van der Waals surface area (Å²) in [4.78, 5) is 0. The van der Waals surface area contributed by atoms with Gasteiger partial charge in [0.2, 0.25) is 0 Å². The van der Waals surface area contributed by atoms with Crippen molar-refractivity contribution >= 4 is 7.60 Å². The molecule has 0 aliphatic heterocycles. The lowest BCUT2D eigenvalue weighted by molar-refractivity contribution is 0.251. The first kappa shape index (κ1) is 24.2. The summed E-state index contributed by atoms with van der Waals surface area (Å²) in [7, 11) is -3.12. The number of para-hydroxylation sites is 1. The van der Waals surface area contributed by atoms with E-state index in [1.54, 1.807) is 0 Å². The molecule has 4 heteroatoms. The summed E-state index contributed by atoms with van der Waals surface area (Å²) in [6.45, 7) is 7.14. The Balaban J connectivity index is 2.52. The molecule has 0 amide bonds. The van der Waals surface area contributed by atoms with Gasteiger partial charge in [0.25, 0.3) is 0 Å². The van der Waals surface area contributed by atoms with E-state index < -0.39 is 7.60 Å². The first-order chi connectivity index (χ1) is 13.1. The molecule has 2 atom stereocenters. The highest BCUT2D eigenvalue weighted by atomic mass is 31.2. The van der Waals surface area contributed by atoms with Crippen molar-refractivity contribution < 1.29 is 13.6 Å². The highest BCUT2D eigenvalue weighted by molar-refractivity contribution is 7.54. The lowest BCUT2D eigenvalue weighted by atomic mass is 10.0. The van der Waals surface area contributed by atoms with E-state index in [2.05, 4.69) is 20.8 Å². The molecule has 0 fully saturated rings. The Morgan fingerprint density at radius 2 is 1.48 bits per heavy atom. The van der Waals surface area contributed by atoms with E-state index in [-0.39, 0.29) is 0 Å². The van der Waals surface area contributed by atoms with Gasteiger partial charge in [0.1, 0.15) is 5.75 Å². The Morgan fingerprint density at radius 1 is 0.852 bits per heavy atom. The van der Waals surface area contributed by atoms with Crippen LogP contribution in [0, 0.1) is 5.92 Å². The molecule has 0 aliphatic carbocycles. The van der Waals surface area contributed by atoms with Crippen LogP contribution in [0.2, 0.25) is 0 Å². The molecule has 0 radical (unpaired) electrons. The van der Waals surface area contributed by atoms with Gasteiger partial charge >= 0.3 is 7.60 Å². The van der Waals surface area contributed by atoms with Gasteiger partial charge in [-0.25, -0.2) is 4.57 Å². The van der Waals surface area contributed by atoms with Gasteiger partial charge in [-0.2, -0.15) is 0 Å². The molecule has 0 saturated carbocycles. The molecule has 1 rings (SSSR count). The molecular formula is C23H41O3P. The lowest BCUT2D eigenvalue weighted by Gasteiger charge is -2.24. The van der Waals surface area contributed by atoms with Gasteiger partial charge in [-0.1, -0.05) is 96.8 Å². The molecular weight excluding hydrogens is 355 g/mol. The second-order valence-electron chi connectivity index (χ2n) is 7.57. The van der Waals surface area contributed by atoms with Gasteiger partial charge in [-0.3, -0.25) is 4.52 Å². The molecule has 0 aliphatic rings. The third kappa shape index (κ3) is 11.6. The van der Waals surface area contributed by atoms with E-state index >= 15 is 0 Å². The smallest absolute Gasteiger partial charge is 0.379 e. The van der Waals surface area contributed by atoms with Gasteiger partial charge in [-0.15, -0.1) is 0 Å². The number of unbranched alkanes of at least 4 members (excludes halogenated alkanes) is 7. The highest BCUT2D eigenvalue weighted by Crippen LogP contribution is 2.51. The van der Waals surface area contributed by atoms with Crippen LogP contribution in [0.15, 0.2) is 30.3 Å². The Bertz CT molecular complexity index is 504. The first-order valence-electron chi connectivity index (χ1n) is 11.1. The fourth-order valence-electron chi connectivity index (χ4n) is 3.25. The molecule has 0 spiro atoms. The minimum atomic E-state index is -3.12. The van der Waals surface area contributed by atoms with Crippen LogP contribution in [-0.2, 0) is 9.09 Å². The first-order valence-corrected chi connectivity index (χ1v) is 12.8. The SMILES string of the molecule is CCCCCCCCCOP(=O)(CC(CC)CCCC)Oc1ccccc1. The minimum absolute atomic E-state index is 0.397. The van der Waals surface area contributed by atoms with Crippen molar-refractivity contribution in [1.29, 1.82) is 0 Å². The molecule has 2 unspecified atom stereocenters. The van der Waals surface area contributed by atoms with Gasteiger partial charge in [0, 0.05) is 0 Å². The van der Waals surface area contributed by atoms with Crippen LogP contribution in [0.25, 0.3) is 0 Å². The summed E-state index contributed by atoms with van der Waals surface area (Å²) in [5.74, 6) is 1.04. The fraction of sp³-hybridized carbons (Fsp3) is 0.739. The standard InChI is InChI=1S/C23H41O3P/c1-4-7-9-10-11-12-16-20-25-27(24,21-22(6-3)17-8-5-2)26-23-18-14-13-15-19-23/h13-15,18-19,22H,4-12,16-17,20-21H2,1-3H3. The van der Waals surface area contributed by atoms with Crippen LogP contribution >= 0.6 is 7.60 Å².